The minimum atomic E-state index is -0.821. The minimum Gasteiger partial charge on any atom is -0.481 e. The number of hydrogen-bond acceptors (Lipinski definition) is 4. The van der Waals surface area contributed by atoms with Crippen LogP contribution in [0.1, 0.15) is 19.8 Å². The zero-order chi connectivity index (χ0) is 14.6. The number of rotatable bonds is 5. The maximum Gasteiger partial charge on any atom is 0.317 e. The van der Waals surface area contributed by atoms with Crippen molar-refractivity contribution >= 4 is 12.0 Å². The molecule has 1 aliphatic rings. The van der Waals surface area contributed by atoms with Crippen molar-refractivity contribution in [2.75, 3.05) is 19.6 Å². The summed E-state index contributed by atoms with van der Waals surface area (Å²) in [6.07, 6.45) is 4.33. The van der Waals surface area contributed by atoms with Crippen LogP contribution in [0.3, 0.4) is 0 Å². The Morgan fingerprint density at radius 3 is 2.85 bits per heavy atom. The number of carbonyl (C=O) groups excluding carboxylic acids is 1. The first-order chi connectivity index (χ1) is 9.57. The first-order valence-corrected chi connectivity index (χ1v) is 6.68. The third kappa shape index (κ3) is 2.89. The number of aliphatic carboxylic acids is 1. The second-order valence-electron chi connectivity index (χ2n) is 5.01. The van der Waals surface area contributed by atoms with Gasteiger partial charge in [0.2, 0.25) is 0 Å². The van der Waals surface area contributed by atoms with Crippen molar-refractivity contribution in [3.8, 4) is 0 Å². The van der Waals surface area contributed by atoms with Crippen LogP contribution in [0.25, 0.3) is 0 Å². The summed E-state index contributed by atoms with van der Waals surface area (Å²) < 4.78 is 1.62. The first-order valence-electron chi connectivity index (χ1n) is 6.68. The van der Waals surface area contributed by atoms with Gasteiger partial charge in [0.25, 0.3) is 0 Å². The fraction of sp³-hybridized carbons (Fsp3) is 0.667. The maximum absolute atomic E-state index is 12.0. The summed E-state index contributed by atoms with van der Waals surface area (Å²) >= 11 is 0. The van der Waals surface area contributed by atoms with Gasteiger partial charge >= 0.3 is 12.0 Å². The minimum absolute atomic E-state index is 0.221. The summed E-state index contributed by atoms with van der Waals surface area (Å²) in [5.74, 6) is -0.821. The highest BCUT2D eigenvalue weighted by Crippen LogP contribution is 2.34. The molecule has 2 rings (SSSR count). The van der Waals surface area contributed by atoms with E-state index in [9.17, 15) is 14.7 Å². The zero-order valence-corrected chi connectivity index (χ0v) is 11.4. The van der Waals surface area contributed by atoms with Crippen LogP contribution in [0.2, 0.25) is 0 Å². The first kappa shape index (κ1) is 14.3. The molecule has 0 spiro atoms. The largest absolute Gasteiger partial charge is 0.481 e. The molecule has 1 fully saturated rings. The second kappa shape index (κ2) is 5.89. The van der Waals surface area contributed by atoms with E-state index in [4.69, 9.17) is 0 Å². The van der Waals surface area contributed by atoms with E-state index >= 15 is 0 Å². The van der Waals surface area contributed by atoms with E-state index in [0.717, 1.165) is 0 Å². The van der Waals surface area contributed by atoms with Crippen LogP contribution >= 0.6 is 0 Å². The number of nitrogens with zero attached hydrogens (tertiary/aromatic N) is 4. The Bertz CT molecular complexity index is 475. The molecule has 1 atom stereocenters. The van der Waals surface area contributed by atoms with E-state index < -0.39 is 11.4 Å². The second-order valence-corrected chi connectivity index (χ2v) is 5.01. The lowest BCUT2D eigenvalue weighted by molar-refractivity contribution is -0.148. The van der Waals surface area contributed by atoms with Gasteiger partial charge in [-0.05, 0) is 12.8 Å². The fourth-order valence-electron chi connectivity index (χ4n) is 2.40. The molecular weight excluding hydrogens is 262 g/mol. The predicted octanol–water partition coefficient (Wildman–Crippen LogP) is 0.174. The van der Waals surface area contributed by atoms with E-state index in [2.05, 4.69) is 15.6 Å². The lowest BCUT2D eigenvalue weighted by Crippen LogP contribution is -2.42. The Morgan fingerprint density at radius 2 is 2.30 bits per heavy atom. The summed E-state index contributed by atoms with van der Waals surface area (Å²) in [6.45, 7) is 3.58. The molecule has 2 heterocycles. The van der Waals surface area contributed by atoms with Crippen LogP contribution < -0.4 is 5.32 Å². The molecule has 2 N–H and O–H groups in total. The van der Waals surface area contributed by atoms with Gasteiger partial charge in [0.1, 0.15) is 0 Å². The van der Waals surface area contributed by atoms with E-state index in [0.29, 0.717) is 32.5 Å². The zero-order valence-electron chi connectivity index (χ0n) is 11.4. The molecule has 110 valence electrons. The topological polar surface area (TPSA) is 100 Å². The van der Waals surface area contributed by atoms with Crippen molar-refractivity contribution in [3.05, 3.63) is 12.4 Å². The monoisotopic (exact) mass is 281 g/mol. The van der Waals surface area contributed by atoms with Crippen LogP contribution in [0.4, 0.5) is 4.79 Å². The molecule has 2 amide bonds. The Labute approximate surface area is 116 Å². The molecule has 1 aromatic rings. The molecule has 8 heteroatoms. The lowest BCUT2D eigenvalue weighted by atomic mass is 9.84. The average molecular weight is 281 g/mol. The Hall–Kier alpha value is -2.12. The highest BCUT2D eigenvalue weighted by molar-refractivity contribution is 5.79. The summed E-state index contributed by atoms with van der Waals surface area (Å²) in [5, 5.41) is 19.5. The van der Waals surface area contributed by atoms with Crippen LogP contribution in [0.15, 0.2) is 12.4 Å². The van der Waals surface area contributed by atoms with Gasteiger partial charge in [-0.25, -0.2) is 4.79 Å². The van der Waals surface area contributed by atoms with Gasteiger partial charge in [-0.2, -0.15) is 0 Å². The summed E-state index contributed by atoms with van der Waals surface area (Å²) in [4.78, 5) is 24.9. The number of nitrogens with one attached hydrogen (secondary N) is 1. The van der Waals surface area contributed by atoms with Crippen molar-refractivity contribution in [2.45, 2.75) is 26.3 Å². The van der Waals surface area contributed by atoms with Crippen molar-refractivity contribution in [3.63, 3.8) is 0 Å². The molecule has 1 unspecified atom stereocenters. The third-order valence-electron chi connectivity index (χ3n) is 3.86. The third-order valence-corrected chi connectivity index (χ3v) is 3.86. The van der Waals surface area contributed by atoms with Gasteiger partial charge < -0.3 is 15.3 Å². The van der Waals surface area contributed by atoms with Crippen molar-refractivity contribution in [1.29, 1.82) is 0 Å². The van der Waals surface area contributed by atoms with E-state index in [-0.39, 0.29) is 12.6 Å². The van der Waals surface area contributed by atoms with E-state index in [1.165, 1.54) is 0 Å². The van der Waals surface area contributed by atoms with Crippen molar-refractivity contribution in [2.24, 2.45) is 5.41 Å². The fourth-order valence-corrected chi connectivity index (χ4v) is 2.40. The van der Waals surface area contributed by atoms with Crippen LogP contribution in [0, 0.1) is 5.41 Å². The standard InChI is InChI=1S/C12H19N5O3/c1-2-12(10(18)19)3-6-16(9-12)11(20)13-4-7-17-8-5-14-15-17/h5,8H,2-4,6-7,9H2,1H3,(H,13,20)(H,18,19). The molecule has 0 aliphatic carbocycles. The maximum atomic E-state index is 12.0. The van der Waals surface area contributed by atoms with Gasteiger partial charge in [0.05, 0.1) is 18.2 Å². The molecule has 0 bridgehead atoms. The molecular formula is C12H19N5O3. The summed E-state index contributed by atoms with van der Waals surface area (Å²) in [5.41, 5.74) is -0.788. The Morgan fingerprint density at radius 1 is 1.50 bits per heavy atom. The Balaban J connectivity index is 1.80. The van der Waals surface area contributed by atoms with Crippen LogP contribution in [0.5, 0.6) is 0 Å². The lowest BCUT2D eigenvalue weighted by Gasteiger charge is -2.23. The highest BCUT2D eigenvalue weighted by Gasteiger charge is 2.44. The normalized spacial score (nSPS) is 21.9. The molecule has 0 aromatic carbocycles. The number of hydrogen-bond donors (Lipinski definition) is 2. The molecule has 8 nitrogen and oxygen atoms in total. The van der Waals surface area contributed by atoms with Gasteiger partial charge in [-0.3, -0.25) is 9.48 Å². The van der Waals surface area contributed by atoms with Gasteiger partial charge in [-0.15, -0.1) is 5.10 Å². The SMILES string of the molecule is CCC1(C(=O)O)CCN(C(=O)NCCn2ccnn2)C1. The Kier molecular flexibility index (Phi) is 4.21. The van der Waals surface area contributed by atoms with Crippen LogP contribution in [-0.4, -0.2) is 56.6 Å². The number of carboxylic acid groups (broad SMARTS) is 1. The number of urea groups is 1. The molecule has 20 heavy (non-hydrogen) atoms. The van der Waals surface area contributed by atoms with E-state index in [1.807, 2.05) is 6.92 Å². The van der Waals surface area contributed by atoms with Crippen molar-refractivity contribution < 1.29 is 14.7 Å². The number of carboxylic acids is 1. The molecule has 1 aliphatic heterocycles. The summed E-state index contributed by atoms with van der Waals surface area (Å²) in [6, 6.07) is -0.221. The molecule has 1 saturated heterocycles. The van der Waals surface area contributed by atoms with Crippen LogP contribution in [-0.2, 0) is 11.3 Å². The average Bonchev–Trinajstić information content (AvgIpc) is 3.08. The number of likely N-dealkylation sites (tertiary alicyclic amines) is 1. The highest BCUT2D eigenvalue weighted by atomic mass is 16.4. The smallest absolute Gasteiger partial charge is 0.317 e. The number of aromatic nitrogens is 3. The summed E-state index contributed by atoms with van der Waals surface area (Å²) in [7, 11) is 0. The molecule has 0 saturated carbocycles. The number of carbonyl (C=O) groups is 2. The number of amides is 2. The predicted molar refractivity (Wildman–Crippen MR) is 70.0 cm³/mol. The van der Waals surface area contributed by atoms with E-state index in [1.54, 1.807) is 22.0 Å². The van der Waals surface area contributed by atoms with Gasteiger partial charge in [-0.1, -0.05) is 12.1 Å². The quantitative estimate of drug-likeness (QED) is 0.801. The van der Waals surface area contributed by atoms with Gasteiger partial charge in [0, 0.05) is 25.8 Å². The molecule has 0 radical (unpaired) electrons. The van der Waals surface area contributed by atoms with Crippen molar-refractivity contribution in [1.82, 2.24) is 25.2 Å². The molecule has 1 aromatic heterocycles. The van der Waals surface area contributed by atoms with Gasteiger partial charge in [0.15, 0.2) is 0 Å².